The minimum Gasteiger partial charge on any atom is -0.326 e. The molecule has 0 aliphatic heterocycles. The molecule has 0 aliphatic rings. The number of amides is 1. The number of aryl methyl sites for hydroxylation is 1. The zero-order chi connectivity index (χ0) is 12.8. The summed E-state index contributed by atoms with van der Waals surface area (Å²) in [7, 11) is 0. The fourth-order valence-electron chi connectivity index (χ4n) is 1.69. The van der Waals surface area contributed by atoms with Gasteiger partial charge in [0, 0.05) is 17.1 Å². The summed E-state index contributed by atoms with van der Waals surface area (Å²) in [5, 5.41) is 3.56. The zero-order valence-corrected chi connectivity index (χ0v) is 10.7. The Balaban J connectivity index is 1.88. The minimum atomic E-state index is 0.00104. The monoisotopic (exact) mass is 259 g/mol. The molecule has 92 valence electrons. The summed E-state index contributed by atoms with van der Waals surface area (Å²) in [4.78, 5) is 11.7. The molecular weight excluding hydrogens is 246 g/mol. The Kier molecular flexibility index (Phi) is 4.37. The van der Waals surface area contributed by atoms with Gasteiger partial charge < -0.3 is 5.32 Å². The third kappa shape index (κ3) is 3.60. The lowest BCUT2D eigenvalue weighted by atomic mass is 10.1. The van der Waals surface area contributed by atoms with E-state index < -0.39 is 0 Å². The molecule has 0 unspecified atom stereocenters. The SMILES string of the molecule is O=C(CCc1ccccc1Cl)Nc1ccccc1. The van der Waals surface area contributed by atoms with E-state index >= 15 is 0 Å². The minimum absolute atomic E-state index is 0.00104. The van der Waals surface area contributed by atoms with Crippen LogP contribution >= 0.6 is 11.6 Å². The van der Waals surface area contributed by atoms with Crippen LogP contribution in [0.25, 0.3) is 0 Å². The molecule has 18 heavy (non-hydrogen) atoms. The summed E-state index contributed by atoms with van der Waals surface area (Å²) in [6.07, 6.45) is 1.08. The topological polar surface area (TPSA) is 29.1 Å². The fraction of sp³-hybridized carbons (Fsp3) is 0.133. The van der Waals surface area contributed by atoms with Crippen molar-refractivity contribution in [3.63, 3.8) is 0 Å². The third-order valence-electron chi connectivity index (χ3n) is 2.64. The Morgan fingerprint density at radius 1 is 1.00 bits per heavy atom. The highest BCUT2D eigenvalue weighted by Gasteiger charge is 2.04. The van der Waals surface area contributed by atoms with Crippen LogP contribution in [0.5, 0.6) is 0 Å². The fourth-order valence-corrected chi connectivity index (χ4v) is 1.92. The molecule has 1 amide bonds. The first-order valence-corrected chi connectivity index (χ1v) is 6.22. The van der Waals surface area contributed by atoms with Gasteiger partial charge in [0.1, 0.15) is 0 Å². The molecule has 3 heteroatoms. The molecule has 2 aromatic rings. The average molecular weight is 260 g/mol. The highest BCUT2D eigenvalue weighted by atomic mass is 35.5. The third-order valence-corrected chi connectivity index (χ3v) is 3.01. The Hall–Kier alpha value is -1.80. The van der Waals surface area contributed by atoms with E-state index in [0.717, 1.165) is 11.3 Å². The lowest BCUT2D eigenvalue weighted by Crippen LogP contribution is -2.12. The molecule has 0 atom stereocenters. The van der Waals surface area contributed by atoms with Crippen LogP contribution in [0, 0.1) is 0 Å². The number of nitrogens with one attached hydrogen (secondary N) is 1. The predicted molar refractivity (Wildman–Crippen MR) is 74.8 cm³/mol. The van der Waals surface area contributed by atoms with Crippen molar-refractivity contribution in [2.45, 2.75) is 12.8 Å². The maximum Gasteiger partial charge on any atom is 0.224 e. The van der Waals surface area contributed by atoms with Gasteiger partial charge in [-0.05, 0) is 30.2 Å². The van der Waals surface area contributed by atoms with Crippen LogP contribution in [-0.4, -0.2) is 5.91 Å². The Bertz CT molecular complexity index is 525. The Labute approximate surface area is 112 Å². The van der Waals surface area contributed by atoms with E-state index in [1.54, 1.807) is 0 Å². The van der Waals surface area contributed by atoms with Crippen molar-refractivity contribution in [2.24, 2.45) is 0 Å². The largest absolute Gasteiger partial charge is 0.326 e. The number of rotatable bonds is 4. The second kappa shape index (κ2) is 6.22. The van der Waals surface area contributed by atoms with Gasteiger partial charge in [-0.2, -0.15) is 0 Å². The standard InChI is InChI=1S/C15H14ClNO/c16-14-9-5-4-6-12(14)10-11-15(18)17-13-7-2-1-3-8-13/h1-9H,10-11H2,(H,17,18). The summed E-state index contributed by atoms with van der Waals surface area (Å²) < 4.78 is 0. The molecule has 2 nitrogen and oxygen atoms in total. The number of carbonyl (C=O) groups excluding carboxylic acids is 1. The first-order valence-electron chi connectivity index (χ1n) is 5.84. The van der Waals surface area contributed by atoms with E-state index in [1.165, 1.54) is 0 Å². The van der Waals surface area contributed by atoms with Crippen LogP contribution in [0.4, 0.5) is 5.69 Å². The van der Waals surface area contributed by atoms with Crippen LogP contribution < -0.4 is 5.32 Å². The number of para-hydroxylation sites is 1. The lowest BCUT2D eigenvalue weighted by Gasteiger charge is -2.06. The van der Waals surface area contributed by atoms with Gasteiger partial charge in [-0.25, -0.2) is 0 Å². The van der Waals surface area contributed by atoms with E-state index in [2.05, 4.69) is 5.32 Å². The second-order valence-corrected chi connectivity index (χ2v) is 4.41. The van der Waals surface area contributed by atoms with E-state index in [1.807, 2.05) is 54.6 Å². The molecule has 0 aliphatic carbocycles. The van der Waals surface area contributed by atoms with Crippen LogP contribution in [0.1, 0.15) is 12.0 Å². The number of benzene rings is 2. The molecule has 0 bridgehead atoms. The predicted octanol–water partition coefficient (Wildman–Crippen LogP) is 3.91. The maximum atomic E-state index is 11.7. The van der Waals surface area contributed by atoms with Crippen LogP contribution in [0.2, 0.25) is 5.02 Å². The van der Waals surface area contributed by atoms with E-state index in [0.29, 0.717) is 17.9 Å². The molecule has 0 radical (unpaired) electrons. The molecule has 0 saturated carbocycles. The summed E-state index contributed by atoms with van der Waals surface area (Å²) in [6.45, 7) is 0. The van der Waals surface area contributed by atoms with E-state index in [4.69, 9.17) is 11.6 Å². The molecule has 2 rings (SSSR count). The Morgan fingerprint density at radius 3 is 2.39 bits per heavy atom. The van der Waals surface area contributed by atoms with Gasteiger partial charge in [0.05, 0.1) is 0 Å². The summed E-state index contributed by atoms with van der Waals surface area (Å²) >= 11 is 6.04. The van der Waals surface area contributed by atoms with Crippen molar-refractivity contribution >= 4 is 23.2 Å². The number of hydrogen-bond donors (Lipinski definition) is 1. The Morgan fingerprint density at radius 2 is 1.67 bits per heavy atom. The van der Waals surface area contributed by atoms with Gasteiger partial charge in [0.25, 0.3) is 0 Å². The first kappa shape index (κ1) is 12.7. The number of carbonyl (C=O) groups is 1. The molecule has 0 aromatic heterocycles. The van der Waals surface area contributed by atoms with Crippen molar-refractivity contribution in [3.05, 3.63) is 65.2 Å². The summed E-state index contributed by atoms with van der Waals surface area (Å²) in [5.74, 6) is 0.00104. The molecule has 0 fully saturated rings. The maximum absolute atomic E-state index is 11.7. The van der Waals surface area contributed by atoms with E-state index in [-0.39, 0.29) is 5.91 Å². The van der Waals surface area contributed by atoms with Gasteiger partial charge in [-0.3, -0.25) is 4.79 Å². The summed E-state index contributed by atoms with van der Waals surface area (Å²) in [5.41, 5.74) is 1.82. The second-order valence-electron chi connectivity index (χ2n) is 4.01. The quantitative estimate of drug-likeness (QED) is 0.886. The molecule has 2 aromatic carbocycles. The number of halogens is 1. The van der Waals surface area contributed by atoms with Gasteiger partial charge >= 0.3 is 0 Å². The zero-order valence-electron chi connectivity index (χ0n) is 9.90. The van der Waals surface area contributed by atoms with Crippen LogP contribution in [0.15, 0.2) is 54.6 Å². The molecule has 0 spiro atoms. The first-order chi connectivity index (χ1) is 8.75. The van der Waals surface area contributed by atoms with Gasteiger partial charge in [-0.15, -0.1) is 0 Å². The number of anilines is 1. The van der Waals surface area contributed by atoms with Crippen LogP contribution in [-0.2, 0) is 11.2 Å². The number of hydrogen-bond acceptors (Lipinski definition) is 1. The average Bonchev–Trinajstić information content (AvgIpc) is 2.39. The van der Waals surface area contributed by atoms with Crippen molar-refractivity contribution < 1.29 is 4.79 Å². The molecular formula is C15H14ClNO. The van der Waals surface area contributed by atoms with Crippen molar-refractivity contribution in [2.75, 3.05) is 5.32 Å². The normalized spacial score (nSPS) is 10.1. The van der Waals surface area contributed by atoms with Crippen LogP contribution in [0.3, 0.4) is 0 Å². The van der Waals surface area contributed by atoms with Gasteiger partial charge in [0.15, 0.2) is 0 Å². The van der Waals surface area contributed by atoms with Crippen molar-refractivity contribution in [1.82, 2.24) is 0 Å². The van der Waals surface area contributed by atoms with Gasteiger partial charge in [0.2, 0.25) is 5.91 Å². The van der Waals surface area contributed by atoms with Crippen molar-refractivity contribution in [3.8, 4) is 0 Å². The molecule has 1 N–H and O–H groups in total. The molecule has 0 heterocycles. The molecule has 0 saturated heterocycles. The summed E-state index contributed by atoms with van der Waals surface area (Å²) in [6, 6.07) is 17.0. The highest BCUT2D eigenvalue weighted by molar-refractivity contribution is 6.31. The van der Waals surface area contributed by atoms with E-state index in [9.17, 15) is 4.79 Å². The van der Waals surface area contributed by atoms with Gasteiger partial charge in [-0.1, -0.05) is 48.0 Å². The van der Waals surface area contributed by atoms with Crippen molar-refractivity contribution in [1.29, 1.82) is 0 Å². The smallest absolute Gasteiger partial charge is 0.224 e. The highest BCUT2D eigenvalue weighted by Crippen LogP contribution is 2.16. The lowest BCUT2D eigenvalue weighted by molar-refractivity contribution is -0.116.